The Balaban J connectivity index is 2.05. The van der Waals surface area contributed by atoms with Gasteiger partial charge in [-0.05, 0) is 45.0 Å². The molecule has 0 saturated carbocycles. The van der Waals surface area contributed by atoms with Gasteiger partial charge in [0, 0.05) is 6.04 Å². The molecular formula is C17H18ClFN4O4. The fourth-order valence-corrected chi connectivity index (χ4v) is 2.50. The molecule has 0 saturated heterocycles. The number of rotatable bonds is 5. The molecule has 1 aromatic heterocycles. The van der Waals surface area contributed by atoms with E-state index in [0.29, 0.717) is 5.69 Å². The number of carbonyl (C=O) groups is 3. The number of urea groups is 1. The highest BCUT2D eigenvalue weighted by molar-refractivity contribution is 6.33. The number of hydrogen-bond donors (Lipinski definition) is 2. The second-order valence-electron chi connectivity index (χ2n) is 5.89. The molecule has 10 heteroatoms. The van der Waals surface area contributed by atoms with E-state index in [-0.39, 0.29) is 22.5 Å². The molecule has 1 aromatic carbocycles. The number of nitrogens with zero attached hydrogens (tertiary/aromatic N) is 2. The van der Waals surface area contributed by atoms with Gasteiger partial charge in [-0.15, -0.1) is 0 Å². The van der Waals surface area contributed by atoms with Crippen LogP contribution in [0.3, 0.4) is 0 Å². The largest absolute Gasteiger partial charge is 0.452 e. The van der Waals surface area contributed by atoms with Crippen LogP contribution in [0.5, 0.6) is 0 Å². The molecule has 0 atom stereocenters. The van der Waals surface area contributed by atoms with E-state index in [1.807, 2.05) is 5.32 Å². The van der Waals surface area contributed by atoms with Crippen molar-refractivity contribution in [2.75, 3.05) is 6.61 Å². The van der Waals surface area contributed by atoms with Crippen molar-refractivity contribution < 1.29 is 23.5 Å². The van der Waals surface area contributed by atoms with Gasteiger partial charge in [0.2, 0.25) is 0 Å². The van der Waals surface area contributed by atoms with E-state index >= 15 is 0 Å². The Morgan fingerprint density at radius 1 is 1.26 bits per heavy atom. The zero-order valence-corrected chi connectivity index (χ0v) is 15.6. The van der Waals surface area contributed by atoms with Gasteiger partial charge in [-0.3, -0.25) is 10.1 Å². The first-order chi connectivity index (χ1) is 12.7. The fraction of sp³-hybridized carbons (Fsp3) is 0.294. The SMILES string of the molecule is Cc1nn(-c2ccc(F)cc2)c(Cl)c1C(=O)OCC(=O)NC(=O)NC(C)C. The van der Waals surface area contributed by atoms with Gasteiger partial charge in [0.1, 0.15) is 16.5 Å². The molecule has 0 spiro atoms. The molecule has 2 N–H and O–H groups in total. The number of esters is 1. The van der Waals surface area contributed by atoms with E-state index in [9.17, 15) is 18.8 Å². The Labute approximate surface area is 159 Å². The lowest BCUT2D eigenvalue weighted by Gasteiger charge is -2.09. The van der Waals surface area contributed by atoms with Gasteiger partial charge in [-0.1, -0.05) is 11.6 Å². The number of aromatic nitrogens is 2. The van der Waals surface area contributed by atoms with Crippen LogP contribution >= 0.6 is 11.6 Å². The number of aryl methyl sites for hydroxylation is 1. The fourth-order valence-electron chi connectivity index (χ4n) is 2.15. The van der Waals surface area contributed by atoms with Crippen LogP contribution in [0.2, 0.25) is 5.15 Å². The third kappa shape index (κ3) is 5.27. The topological polar surface area (TPSA) is 102 Å². The van der Waals surface area contributed by atoms with Gasteiger partial charge in [0.25, 0.3) is 5.91 Å². The van der Waals surface area contributed by atoms with Crippen molar-refractivity contribution in [2.45, 2.75) is 26.8 Å². The Kier molecular flexibility index (Phi) is 6.51. The highest BCUT2D eigenvalue weighted by atomic mass is 35.5. The highest BCUT2D eigenvalue weighted by Crippen LogP contribution is 2.24. The van der Waals surface area contributed by atoms with Gasteiger partial charge in [-0.25, -0.2) is 18.7 Å². The summed E-state index contributed by atoms with van der Waals surface area (Å²) in [6.07, 6.45) is 0. The molecule has 3 amide bonds. The molecule has 144 valence electrons. The Morgan fingerprint density at radius 2 is 1.89 bits per heavy atom. The smallest absolute Gasteiger partial charge is 0.343 e. The first-order valence-electron chi connectivity index (χ1n) is 7.97. The molecule has 0 bridgehead atoms. The van der Waals surface area contributed by atoms with Crippen LogP contribution in [-0.2, 0) is 9.53 Å². The Hall–Kier alpha value is -2.94. The number of halogens is 2. The Bertz CT molecular complexity index is 865. The summed E-state index contributed by atoms with van der Waals surface area (Å²) < 4.78 is 19.2. The van der Waals surface area contributed by atoms with Crippen molar-refractivity contribution in [1.29, 1.82) is 0 Å². The summed E-state index contributed by atoms with van der Waals surface area (Å²) >= 11 is 6.20. The maximum atomic E-state index is 13.0. The monoisotopic (exact) mass is 396 g/mol. The number of nitrogens with one attached hydrogen (secondary N) is 2. The van der Waals surface area contributed by atoms with Gasteiger partial charge in [0.15, 0.2) is 6.61 Å². The number of carbonyl (C=O) groups excluding carboxylic acids is 3. The van der Waals surface area contributed by atoms with Crippen LogP contribution in [0.1, 0.15) is 29.9 Å². The summed E-state index contributed by atoms with van der Waals surface area (Å²) in [5, 5.41) is 8.59. The third-order valence-corrected chi connectivity index (χ3v) is 3.64. The lowest BCUT2D eigenvalue weighted by atomic mass is 10.2. The summed E-state index contributed by atoms with van der Waals surface area (Å²) in [4.78, 5) is 35.3. The molecule has 0 radical (unpaired) electrons. The van der Waals surface area contributed by atoms with Crippen molar-refractivity contribution in [1.82, 2.24) is 20.4 Å². The summed E-state index contributed by atoms with van der Waals surface area (Å²) in [5.74, 6) is -2.09. The lowest BCUT2D eigenvalue weighted by Crippen LogP contribution is -2.44. The highest BCUT2D eigenvalue weighted by Gasteiger charge is 2.23. The predicted molar refractivity (Wildman–Crippen MR) is 95.4 cm³/mol. The first-order valence-corrected chi connectivity index (χ1v) is 8.35. The molecule has 0 aliphatic carbocycles. The minimum atomic E-state index is -0.870. The summed E-state index contributed by atoms with van der Waals surface area (Å²) in [6, 6.07) is 4.51. The lowest BCUT2D eigenvalue weighted by molar-refractivity contribution is -0.123. The molecule has 8 nitrogen and oxygen atoms in total. The average molecular weight is 397 g/mol. The van der Waals surface area contributed by atoms with Crippen LogP contribution in [0.15, 0.2) is 24.3 Å². The van der Waals surface area contributed by atoms with E-state index < -0.39 is 30.3 Å². The van der Waals surface area contributed by atoms with E-state index in [1.54, 1.807) is 20.8 Å². The minimum Gasteiger partial charge on any atom is -0.452 e. The number of benzene rings is 1. The molecule has 0 aliphatic heterocycles. The maximum Gasteiger partial charge on any atom is 0.343 e. The average Bonchev–Trinajstić information content (AvgIpc) is 2.87. The maximum absolute atomic E-state index is 13.0. The second-order valence-corrected chi connectivity index (χ2v) is 6.25. The molecule has 0 unspecified atom stereocenters. The standard InChI is InChI=1S/C17H18ClFN4O4/c1-9(2)20-17(26)21-13(24)8-27-16(25)14-10(3)22-23(15(14)18)12-6-4-11(19)5-7-12/h4-7,9H,8H2,1-3H3,(H2,20,21,24,26). The first kappa shape index (κ1) is 20.4. The van der Waals surface area contributed by atoms with Crippen LogP contribution < -0.4 is 10.6 Å². The zero-order chi connectivity index (χ0) is 20.1. The van der Waals surface area contributed by atoms with Crippen LogP contribution in [0.25, 0.3) is 5.69 Å². The van der Waals surface area contributed by atoms with Crippen LogP contribution in [0, 0.1) is 12.7 Å². The minimum absolute atomic E-state index is 0.0274. The van der Waals surface area contributed by atoms with Crippen molar-refractivity contribution in [3.05, 3.63) is 46.5 Å². The van der Waals surface area contributed by atoms with E-state index in [1.165, 1.54) is 28.9 Å². The zero-order valence-electron chi connectivity index (χ0n) is 14.9. The van der Waals surface area contributed by atoms with Gasteiger partial charge in [0.05, 0.1) is 11.4 Å². The van der Waals surface area contributed by atoms with E-state index in [2.05, 4.69) is 10.4 Å². The molecule has 1 heterocycles. The number of imide groups is 1. The molecule has 2 aromatic rings. The van der Waals surface area contributed by atoms with Gasteiger partial charge < -0.3 is 10.1 Å². The summed E-state index contributed by atoms with van der Waals surface area (Å²) in [6.45, 7) is 4.34. The molecule has 0 aliphatic rings. The van der Waals surface area contributed by atoms with Crippen molar-refractivity contribution in [3.63, 3.8) is 0 Å². The van der Waals surface area contributed by atoms with Gasteiger partial charge in [-0.2, -0.15) is 5.10 Å². The third-order valence-electron chi connectivity index (χ3n) is 3.29. The van der Waals surface area contributed by atoms with E-state index in [4.69, 9.17) is 16.3 Å². The van der Waals surface area contributed by atoms with Gasteiger partial charge >= 0.3 is 12.0 Å². The number of ether oxygens (including phenoxy) is 1. The van der Waals surface area contributed by atoms with Crippen molar-refractivity contribution in [2.24, 2.45) is 0 Å². The summed E-state index contributed by atoms with van der Waals surface area (Å²) in [7, 11) is 0. The van der Waals surface area contributed by atoms with Crippen LogP contribution in [-0.4, -0.2) is 40.3 Å². The van der Waals surface area contributed by atoms with Crippen molar-refractivity contribution >= 4 is 29.5 Å². The predicted octanol–water partition coefficient (Wildman–Crippen LogP) is 2.36. The number of amides is 3. The van der Waals surface area contributed by atoms with E-state index in [0.717, 1.165) is 0 Å². The molecule has 2 rings (SSSR count). The quantitative estimate of drug-likeness (QED) is 0.755. The second kappa shape index (κ2) is 8.63. The molecule has 0 fully saturated rings. The normalized spacial score (nSPS) is 10.6. The molecular weight excluding hydrogens is 379 g/mol. The molecule has 27 heavy (non-hydrogen) atoms. The number of hydrogen-bond acceptors (Lipinski definition) is 5. The van der Waals surface area contributed by atoms with Crippen molar-refractivity contribution in [3.8, 4) is 5.69 Å². The Morgan fingerprint density at radius 3 is 2.48 bits per heavy atom. The summed E-state index contributed by atoms with van der Waals surface area (Å²) in [5.41, 5.74) is 0.694. The van der Waals surface area contributed by atoms with Crippen LogP contribution in [0.4, 0.5) is 9.18 Å².